The molecule has 0 unspecified atom stereocenters. The van der Waals surface area contributed by atoms with Crippen LogP contribution in [0, 0.1) is 0 Å². The summed E-state index contributed by atoms with van der Waals surface area (Å²) >= 11 is 0. The summed E-state index contributed by atoms with van der Waals surface area (Å²) in [6.07, 6.45) is 0.236. The fourth-order valence-electron chi connectivity index (χ4n) is 2.95. The van der Waals surface area contributed by atoms with Crippen molar-refractivity contribution in [3.63, 3.8) is 0 Å². The van der Waals surface area contributed by atoms with Gasteiger partial charge in [-0.1, -0.05) is 60.7 Å². The Kier molecular flexibility index (Phi) is 6.76. The van der Waals surface area contributed by atoms with Crippen molar-refractivity contribution in [3.05, 3.63) is 71.8 Å². The largest absolute Gasteiger partial charge is 0.349 e. The predicted molar refractivity (Wildman–Crippen MR) is 103 cm³/mol. The van der Waals surface area contributed by atoms with E-state index in [1.54, 1.807) is 6.92 Å². The molecule has 2 rings (SSSR count). The summed E-state index contributed by atoms with van der Waals surface area (Å²) in [6, 6.07) is 18.8. The number of hydrogen-bond acceptors (Lipinski definition) is 4. The minimum absolute atomic E-state index is 0.235. The van der Waals surface area contributed by atoms with E-state index in [0.29, 0.717) is 0 Å². The first-order valence-electron chi connectivity index (χ1n) is 8.48. The van der Waals surface area contributed by atoms with Crippen molar-refractivity contribution in [1.82, 2.24) is 5.32 Å². The number of hydrogen-bond donors (Lipinski definition) is 1. The Labute approximate surface area is 155 Å². The van der Waals surface area contributed by atoms with Crippen LogP contribution >= 0.6 is 7.60 Å². The molecule has 6 heteroatoms. The second-order valence-corrected chi connectivity index (χ2v) is 9.12. The van der Waals surface area contributed by atoms with Crippen molar-refractivity contribution in [2.45, 2.75) is 31.5 Å². The van der Waals surface area contributed by atoms with E-state index in [0.717, 1.165) is 11.1 Å². The summed E-state index contributed by atoms with van der Waals surface area (Å²) in [6.45, 7) is 3.52. The Balaban J connectivity index is 2.33. The van der Waals surface area contributed by atoms with Crippen molar-refractivity contribution >= 4 is 13.5 Å². The highest BCUT2D eigenvalue weighted by Crippen LogP contribution is 2.60. The molecular formula is C20H26NO4P. The Bertz CT molecular complexity index is 758. The summed E-state index contributed by atoms with van der Waals surface area (Å²) < 4.78 is 23.6. The molecule has 2 atom stereocenters. The zero-order valence-electron chi connectivity index (χ0n) is 15.6. The van der Waals surface area contributed by atoms with Crippen molar-refractivity contribution in [2.24, 2.45) is 0 Å². The average Bonchev–Trinajstić information content (AvgIpc) is 2.68. The highest BCUT2D eigenvalue weighted by Gasteiger charge is 2.52. The van der Waals surface area contributed by atoms with Crippen LogP contribution < -0.4 is 5.32 Å². The van der Waals surface area contributed by atoms with Crippen LogP contribution in [0.25, 0.3) is 0 Å². The molecule has 140 valence electrons. The average molecular weight is 375 g/mol. The van der Waals surface area contributed by atoms with Crippen LogP contribution in [0.1, 0.15) is 31.0 Å². The van der Waals surface area contributed by atoms with Gasteiger partial charge in [-0.05, 0) is 31.4 Å². The first kappa shape index (κ1) is 20.4. The number of nitrogens with one attached hydrogen (secondary N) is 1. The molecule has 0 saturated carbocycles. The molecule has 0 aliphatic rings. The third kappa shape index (κ3) is 4.24. The van der Waals surface area contributed by atoms with Gasteiger partial charge in [-0.15, -0.1) is 0 Å². The number of carbonyl (C=O) groups excluding carboxylic acids is 1. The van der Waals surface area contributed by atoms with Gasteiger partial charge in [0.15, 0.2) is 5.16 Å². The first-order valence-corrected chi connectivity index (χ1v) is 10.0. The van der Waals surface area contributed by atoms with E-state index in [1.807, 2.05) is 67.6 Å². The van der Waals surface area contributed by atoms with Gasteiger partial charge in [0.05, 0.1) is 6.04 Å². The second-order valence-electron chi connectivity index (χ2n) is 6.40. The molecular weight excluding hydrogens is 349 g/mol. The molecule has 0 aliphatic heterocycles. The van der Waals surface area contributed by atoms with E-state index >= 15 is 0 Å². The molecule has 2 aromatic carbocycles. The van der Waals surface area contributed by atoms with Crippen LogP contribution in [-0.4, -0.2) is 25.3 Å². The zero-order valence-corrected chi connectivity index (χ0v) is 16.5. The Morgan fingerprint density at radius 3 is 2.04 bits per heavy atom. The fraction of sp³-hybridized carbons (Fsp3) is 0.350. The number of amides is 1. The fourth-order valence-corrected chi connectivity index (χ4v) is 4.59. The quantitative estimate of drug-likeness (QED) is 0.697. The molecule has 0 fully saturated rings. The monoisotopic (exact) mass is 375 g/mol. The van der Waals surface area contributed by atoms with Crippen LogP contribution in [0.15, 0.2) is 60.7 Å². The van der Waals surface area contributed by atoms with Crippen molar-refractivity contribution in [1.29, 1.82) is 0 Å². The molecule has 5 nitrogen and oxygen atoms in total. The molecule has 2 aromatic rings. The molecule has 0 heterocycles. The van der Waals surface area contributed by atoms with Crippen LogP contribution in [0.2, 0.25) is 0 Å². The smallest absolute Gasteiger partial charge is 0.345 e. The lowest BCUT2D eigenvalue weighted by Gasteiger charge is -2.34. The van der Waals surface area contributed by atoms with Crippen LogP contribution in [0.3, 0.4) is 0 Å². The maximum atomic E-state index is 13.2. The predicted octanol–water partition coefficient (Wildman–Crippen LogP) is 4.35. The van der Waals surface area contributed by atoms with E-state index in [-0.39, 0.29) is 18.4 Å². The Morgan fingerprint density at radius 2 is 1.54 bits per heavy atom. The Morgan fingerprint density at radius 1 is 1.04 bits per heavy atom. The highest BCUT2D eigenvalue weighted by molar-refractivity contribution is 7.56. The van der Waals surface area contributed by atoms with Gasteiger partial charge in [0.2, 0.25) is 5.91 Å². The summed E-state index contributed by atoms with van der Waals surface area (Å²) in [5.41, 5.74) is 1.85. The lowest BCUT2D eigenvalue weighted by molar-refractivity contribution is -0.124. The minimum atomic E-state index is -3.68. The molecule has 0 aromatic heterocycles. The van der Waals surface area contributed by atoms with E-state index in [1.165, 1.54) is 14.2 Å². The van der Waals surface area contributed by atoms with Crippen LogP contribution in [0.4, 0.5) is 0 Å². The van der Waals surface area contributed by atoms with Crippen molar-refractivity contribution in [2.75, 3.05) is 14.2 Å². The van der Waals surface area contributed by atoms with Crippen molar-refractivity contribution < 1.29 is 18.4 Å². The summed E-state index contributed by atoms with van der Waals surface area (Å²) in [7, 11) is -1.07. The van der Waals surface area contributed by atoms with Crippen molar-refractivity contribution in [3.8, 4) is 0 Å². The summed E-state index contributed by atoms with van der Waals surface area (Å²) in [5.74, 6) is -0.371. The highest BCUT2D eigenvalue weighted by atomic mass is 31.2. The summed E-state index contributed by atoms with van der Waals surface area (Å²) in [4.78, 5) is 13.2. The SMILES string of the molecule is COP(=O)(OC)[C@@](C)(Cc1ccccc1)C(=O)N[C@@H](C)c1ccccc1. The van der Waals surface area contributed by atoms with Gasteiger partial charge < -0.3 is 14.4 Å². The third-order valence-electron chi connectivity index (χ3n) is 4.61. The normalized spacial score (nSPS) is 15.1. The first-order chi connectivity index (χ1) is 12.4. The van der Waals surface area contributed by atoms with Gasteiger partial charge >= 0.3 is 7.60 Å². The van der Waals surface area contributed by atoms with Gasteiger partial charge in [0.1, 0.15) is 0 Å². The van der Waals surface area contributed by atoms with Gasteiger partial charge in [-0.3, -0.25) is 9.36 Å². The lowest BCUT2D eigenvalue weighted by atomic mass is 9.98. The number of rotatable bonds is 8. The van der Waals surface area contributed by atoms with Crippen LogP contribution in [-0.2, 0) is 24.8 Å². The molecule has 0 radical (unpaired) electrons. The van der Waals surface area contributed by atoms with E-state index < -0.39 is 12.8 Å². The van der Waals surface area contributed by atoms with Gasteiger partial charge in [-0.25, -0.2) is 0 Å². The molecule has 26 heavy (non-hydrogen) atoms. The molecule has 1 N–H and O–H groups in total. The van der Waals surface area contributed by atoms with E-state index in [4.69, 9.17) is 9.05 Å². The minimum Gasteiger partial charge on any atom is -0.349 e. The Hall–Kier alpha value is -1.94. The maximum Gasteiger partial charge on any atom is 0.345 e. The lowest BCUT2D eigenvalue weighted by Crippen LogP contribution is -2.47. The van der Waals surface area contributed by atoms with Gasteiger partial charge in [0.25, 0.3) is 0 Å². The van der Waals surface area contributed by atoms with Gasteiger partial charge in [-0.2, -0.15) is 0 Å². The topological polar surface area (TPSA) is 64.6 Å². The standard InChI is InChI=1S/C20H26NO4P/c1-16(18-13-9-6-10-14-18)21-19(22)20(2,26(23,24-3)25-4)15-17-11-7-5-8-12-17/h5-14,16H,15H2,1-4H3,(H,21,22)/t16-,20-/m0/s1. The van der Waals surface area contributed by atoms with E-state index in [2.05, 4.69) is 5.32 Å². The molecule has 0 spiro atoms. The maximum absolute atomic E-state index is 13.2. The molecule has 0 aliphatic carbocycles. The third-order valence-corrected chi connectivity index (χ3v) is 7.14. The second kappa shape index (κ2) is 8.63. The van der Waals surface area contributed by atoms with Crippen LogP contribution in [0.5, 0.6) is 0 Å². The van der Waals surface area contributed by atoms with E-state index in [9.17, 15) is 9.36 Å². The number of carbonyl (C=O) groups is 1. The molecule has 0 saturated heterocycles. The van der Waals surface area contributed by atoms with Gasteiger partial charge in [0, 0.05) is 14.2 Å². The number of benzene rings is 2. The zero-order chi connectivity index (χ0) is 19.2. The molecule has 0 bridgehead atoms. The molecule has 1 amide bonds. The summed E-state index contributed by atoms with van der Waals surface area (Å²) in [5, 5.41) is 1.60.